The third-order valence-electron chi connectivity index (χ3n) is 2.81. The summed E-state index contributed by atoms with van der Waals surface area (Å²) in [5.41, 5.74) is 7.55. The van der Waals surface area contributed by atoms with E-state index in [9.17, 15) is 0 Å². The Morgan fingerprint density at radius 3 is 2.68 bits per heavy atom. The summed E-state index contributed by atoms with van der Waals surface area (Å²) < 4.78 is 5.66. The predicted octanol–water partition coefficient (Wildman–Crippen LogP) is 2.17. The molecule has 0 unspecified atom stereocenters. The molecule has 0 saturated carbocycles. The molecule has 0 atom stereocenters. The molecule has 1 aromatic carbocycles. The Hall–Kier alpha value is -2.07. The third-order valence-corrected chi connectivity index (χ3v) is 2.81. The summed E-state index contributed by atoms with van der Waals surface area (Å²) in [7, 11) is 2.05. The van der Waals surface area contributed by atoms with Crippen LogP contribution in [0.15, 0.2) is 48.7 Å². The summed E-state index contributed by atoms with van der Waals surface area (Å²) >= 11 is 0. The summed E-state index contributed by atoms with van der Waals surface area (Å²) in [4.78, 5) is 6.46. The molecule has 2 N–H and O–H groups in total. The fourth-order valence-electron chi connectivity index (χ4n) is 1.77. The van der Waals surface area contributed by atoms with Crippen LogP contribution in [-0.4, -0.2) is 30.1 Å². The van der Waals surface area contributed by atoms with Gasteiger partial charge < -0.3 is 10.5 Å². The van der Waals surface area contributed by atoms with Crippen molar-refractivity contribution < 1.29 is 4.74 Å². The zero-order valence-electron chi connectivity index (χ0n) is 11.1. The van der Waals surface area contributed by atoms with Crippen molar-refractivity contribution in [2.75, 3.05) is 25.9 Å². The second-order valence-corrected chi connectivity index (χ2v) is 4.45. The molecule has 0 radical (unpaired) electrons. The fraction of sp³-hybridized carbons (Fsp3) is 0.267. The second-order valence-electron chi connectivity index (χ2n) is 4.45. The van der Waals surface area contributed by atoms with E-state index in [1.54, 1.807) is 0 Å². The fourth-order valence-corrected chi connectivity index (χ4v) is 1.77. The van der Waals surface area contributed by atoms with Gasteiger partial charge >= 0.3 is 0 Å². The van der Waals surface area contributed by atoms with Gasteiger partial charge in [0, 0.05) is 19.3 Å². The maximum atomic E-state index is 5.81. The van der Waals surface area contributed by atoms with Gasteiger partial charge in [0.25, 0.3) is 0 Å². The molecule has 0 aliphatic rings. The Kier molecular flexibility index (Phi) is 4.75. The quantitative estimate of drug-likeness (QED) is 0.806. The van der Waals surface area contributed by atoms with Crippen LogP contribution in [0.25, 0.3) is 0 Å². The van der Waals surface area contributed by atoms with Gasteiger partial charge in [-0.2, -0.15) is 0 Å². The molecule has 4 heteroatoms. The van der Waals surface area contributed by atoms with Gasteiger partial charge in [-0.05, 0) is 31.3 Å². The van der Waals surface area contributed by atoms with Gasteiger partial charge in [-0.25, -0.2) is 0 Å². The SMILES string of the molecule is CN(CCOc1ccccc1N)Cc1ccccn1. The highest BCUT2D eigenvalue weighted by Gasteiger charge is 2.02. The van der Waals surface area contributed by atoms with Gasteiger partial charge in [0.2, 0.25) is 0 Å². The normalized spacial score (nSPS) is 10.6. The number of para-hydroxylation sites is 2. The van der Waals surface area contributed by atoms with E-state index >= 15 is 0 Å². The topological polar surface area (TPSA) is 51.4 Å². The highest BCUT2D eigenvalue weighted by molar-refractivity contribution is 5.51. The molecule has 0 aliphatic carbocycles. The van der Waals surface area contributed by atoms with E-state index in [4.69, 9.17) is 10.5 Å². The maximum Gasteiger partial charge on any atom is 0.142 e. The van der Waals surface area contributed by atoms with Gasteiger partial charge in [0.1, 0.15) is 12.4 Å². The number of likely N-dealkylation sites (N-methyl/N-ethyl adjacent to an activating group) is 1. The number of benzene rings is 1. The molecule has 19 heavy (non-hydrogen) atoms. The number of rotatable bonds is 6. The minimum Gasteiger partial charge on any atom is -0.490 e. The van der Waals surface area contributed by atoms with Gasteiger partial charge in [-0.15, -0.1) is 0 Å². The predicted molar refractivity (Wildman–Crippen MR) is 76.9 cm³/mol. The smallest absolute Gasteiger partial charge is 0.142 e. The van der Waals surface area contributed by atoms with Crippen LogP contribution in [0.1, 0.15) is 5.69 Å². The number of anilines is 1. The third kappa shape index (κ3) is 4.26. The highest BCUT2D eigenvalue weighted by atomic mass is 16.5. The molecule has 0 aliphatic heterocycles. The molecule has 2 rings (SSSR count). The maximum absolute atomic E-state index is 5.81. The molecule has 1 aromatic heterocycles. The van der Waals surface area contributed by atoms with Gasteiger partial charge in [-0.1, -0.05) is 18.2 Å². The van der Waals surface area contributed by atoms with Gasteiger partial charge in [0.05, 0.1) is 11.4 Å². The van der Waals surface area contributed by atoms with E-state index in [0.717, 1.165) is 24.5 Å². The monoisotopic (exact) mass is 257 g/mol. The van der Waals surface area contributed by atoms with Crippen molar-refractivity contribution in [3.63, 3.8) is 0 Å². The molecule has 0 bridgehead atoms. The van der Waals surface area contributed by atoms with Crippen molar-refractivity contribution in [1.29, 1.82) is 0 Å². The van der Waals surface area contributed by atoms with E-state index in [2.05, 4.69) is 9.88 Å². The number of hydrogen-bond acceptors (Lipinski definition) is 4. The largest absolute Gasteiger partial charge is 0.490 e. The van der Waals surface area contributed by atoms with E-state index in [-0.39, 0.29) is 0 Å². The van der Waals surface area contributed by atoms with Crippen LogP contribution >= 0.6 is 0 Å². The van der Waals surface area contributed by atoms with Crippen LogP contribution in [0.4, 0.5) is 5.69 Å². The minimum absolute atomic E-state index is 0.609. The van der Waals surface area contributed by atoms with Crippen LogP contribution < -0.4 is 10.5 Å². The highest BCUT2D eigenvalue weighted by Crippen LogP contribution is 2.19. The lowest BCUT2D eigenvalue weighted by atomic mass is 10.3. The molecule has 100 valence electrons. The zero-order chi connectivity index (χ0) is 13.5. The van der Waals surface area contributed by atoms with Crippen molar-refractivity contribution >= 4 is 5.69 Å². The van der Waals surface area contributed by atoms with Crippen molar-refractivity contribution in [2.45, 2.75) is 6.54 Å². The molecular formula is C15H19N3O. The Morgan fingerprint density at radius 2 is 1.95 bits per heavy atom. The second kappa shape index (κ2) is 6.75. The summed E-state index contributed by atoms with van der Waals surface area (Å²) in [6.07, 6.45) is 1.81. The Morgan fingerprint density at radius 1 is 1.16 bits per heavy atom. The van der Waals surface area contributed by atoms with Crippen molar-refractivity contribution in [3.05, 3.63) is 54.4 Å². The van der Waals surface area contributed by atoms with Crippen molar-refractivity contribution in [3.8, 4) is 5.75 Å². The van der Waals surface area contributed by atoms with Crippen LogP contribution in [0.5, 0.6) is 5.75 Å². The number of hydrogen-bond donors (Lipinski definition) is 1. The van der Waals surface area contributed by atoms with Gasteiger partial charge in [0.15, 0.2) is 0 Å². The first-order chi connectivity index (χ1) is 9.25. The molecule has 0 amide bonds. The number of aromatic nitrogens is 1. The van der Waals surface area contributed by atoms with E-state index in [0.29, 0.717) is 12.3 Å². The summed E-state index contributed by atoms with van der Waals surface area (Å²) in [6.45, 7) is 2.25. The standard InChI is InChI=1S/C15H19N3O/c1-18(12-13-6-4-5-9-17-13)10-11-19-15-8-3-2-7-14(15)16/h2-9H,10-12,16H2,1H3. The number of pyridine rings is 1. The van der Waals surface area contributed by atoms with E-state index in [1.165, 1.54) is 0 Å². The first kappa shape index (κ1) is 13.4. The number of nitrogen functional groups attached to an aromatic ring is 1. The lowest BCUT2D eigenvalue weighted by molar-refractivity contribution is 0.232. The van der Waals surface area contributed by atoms with Crippen molar-refractivity contribution in [2.24, 2.45) is 0 Å². The average Bonchev–Trinajstić information content (AvgIpc) is 2.42. The Bertz CT molecular complexity index is 502. The first-order valence-corrected chi connectivity index (χ1v) is 6.31. The van der Waals surface area contributed by atoms with Crippen molar-refractivity contribution in [1.82, 2.24) is 9.88 Å². The zero-order valence-corrected chi connectivity index (χ0v) is 11.1. The lowest BCUT2D eigenvalue weighted by Crippen LogP contribution is -2.24. The summed E-state index contributed by atoms with van der Waals surface area (Å²) in [5, 5.41) is 0. The molecule has 0 spiro atoms. The van der Waals surface area contributed by atoms with Crippen LogP contribution in [-0.2, 0) is 6.54 Å². The number of nitrogens with zero attached hydrogens (tertiary/aromatic N) is 2. The summed E-state index contributed by atoms with van der Waals surface area (Å²) in [5.74, 6) is 0.744. The molecule has 2 aromatic rings. The molecule has 0 saturated heterocycles. The molecular weight excluding hydrogens is 238 g/mol. The Labute approximate surface area is 113 Å². The summed E-state index contributed by atoms with van der Waals surface area (Å²) in [6, 6.07) is 13.5. The number of nitrogens with two attached hydrogens (primary N) is 1. The average molecular weight is 257 g/mol. The van der Waals surface area contributed by atoms with Gasteiger partial charge in [-0.3, -0.25) is 9.88 Å². The van der Waals surface area contributed by atoms with E-state index in [1.807, 2.05) is 55.7 Å². The van der Waals surface area contributed by atoms with E-state index < -0.39 is 0 Å². The van der Waals surface area contributed by atoms with Crippen LogP contribution in [0.3, 0.4) is 0 Å². The molecule has 4 nitrogen and oxygen atoms in total. The van der Waals surface area contributed by atoms with Crippen LogP contribution in [0, 0.1) is 0 Å². The molecule has 1 heterocycles. The van der Waals surface area contributed by atoms with Crippen LogP contribution in [0.2, 0.25) is 0 Å². The Balaban J connectivity index is 1.75. The lowest BCUT2D eigenvalue weighted by Gasteiger charge is -2.16. The molecule has 0 fully saturated rings. The minimum atomic E-state index is 0.609. The number of ether oxygens (including phenoxy) is 1. The first-order valence-electron chi connectivity index (χ1n) is 6.31.